The molecule has 0 fully saturated rings. The summed E-state index contributed by atoms with van der Waals surface area (Å²) in [5.41, 5.74) is 1.49. The molecule has 0 aliphatic carbocycles. The van der Waals surface area contributed by atoms with Crippen molar-refractivity contribution >= 4 is 28.6 Å². The minimum Gasteiger partial charge on any atom is -0.481 e. The van der Waals surface area contributed by atoms with E-state index in [4.69, 9.17) is 16.7 Å². The molecule has 1 atom stereocenters. The Morgan fingerprint density at radius 1 is 1.47 bits per heavy atom. The van der Waals surface area contributed by atoms with E-state index in [-0.39, 0.29) is 12.5 Å². The molecular formula is C13H15ClN2O3. The molecule has 2 rings (SSSR count). The molecule has 1 heterocycles. The van der Waals surface area contributed by atoms with Gasteiger partial charge in [0.25, 0.3) is 0 Å². The maximum absolute atomic E-state index is 10.7. The fraction of sp³-hybridized carbons (Fsp3) is 0.385. The average Bonchev–Trinajstić information content (AvgIpc) is 2.66. The summed E-state index contributed by atoms with van der Waals surface area (Å²) in [6.45, 7) is 3.90. The summed E-state index contributed by atoms with van der Waals surface area (Å²) in [6.07, 6.45) is -1.50. The SMILES string of the molecule is CC(C)n1c(C(O)CC(=O)O)nc2cc(Cl)ccc21. The maximum Gasteiger partial charge on any atom is 0.306 e. The van der Waals surface area contributed by atoms with Crippen LogP contribution in [0.15, 0.2) is 18.2 Å². The number of benzene rings is 1. The van der Waals surface area contributed by atoms with Crippen LogP contribution in [0, 0.1) is 0 Å². The number of rotatable bonds is 4. The van der Waals surface area contributed by atoms with Gasteiger partial charge in [-0.25, -0.2) is 4.98 Å². The number of imidazole rings is 1. The first-order valence-corrected chi connectivity index (χ1v) is 6.35. The number of aliphatic carboxylic acids is 1. The number of nitrogens with zero attached hydrogens (tertiary/aromatic N) is 2. The fourth-order valence-corrected chi connectivity index (χ4v) is 2.29. The Morgan fingerprint density at radius 3 is 2.74 bits per heavy atom. The summed E-state index contributed by atoms with van der Waals surface area (Å²) in [5.74, 6) is -0.706. The van der Waals surface area contributed by atoms with E-state index in [9.17, 15) is 9.90 Å². The molecule has 102 valence electrons. The van der Waals surface area contributed by atoms with Crippen molar-refractivity contribution in [2.24, 2.45) is 0 Å². The number of halogens is 1. The second-order valence-corrected chi connectivity index (χ2v) is 5.12. The molecule has 0 radical (unpaired) electrons. The highest BCUT2D eigenvalue weighted by molar-refractivity contribution is 6.31. The van der Waals surface area contributed by atoms with Gasteiger partial charge in [-0.2, -0.15) is 0 Å². The van der Waals surface area contributed by atoms with Gasteiger partial charge in [-0.15, -0.1) is 0 Å². The standard InChI is InChI=1S/C13H15ClN2O3/c1-7(2)16-10-4-3-8(14)5-9(10)15-13(16)11(17)6-12(18)19/h3-5,7,11,17H,6H2,1-2H3,(H,18,19). The number of aliphatic hydroxyl groups is 1. The summed E-state index contributed by atoms with van der Waals surface area (Å²) >= 11 is 5.92. The first kappa shape index (κ1) is 13.8. The van der Waals surface area contributed by atoms with Crippen molar-refractivity contribution < 1.29 is 15.0 Å². The van der Waals surface area contributed by atoms with Crippen LogP contribution in [0.1, 0.15) is 38.2 Å². The van der Waals surface area contributed by atoms with Gasteiger partial charge in [0.2, 0.25) is 0 Å². The Kier molecular flexibility index (Phi) is 3.78. The van der Waals surface area contributed by atoms with Crippen LogP contribution in [0.5, 0.6) is 0 Å². The third kappa shape index (κ3) is 2.72. The molecule has 1 aromatic heterocycles. The van der Waals surface area contributed by atoms with Crippen LogP contribution in [0.4, 0.5) is 0 Å². The predicted molar refractivity (Wildman–Crippen MR) is 72.3 cm³/mol. The highest BCUT2D eigenvalue weighted by atomic mass is 35.5. The minimum atomic E-state index is -1.13. The Hall–Kier alpha value is -1.59. The van der Waals surface area contributed by atoms with E-state index in [2.05, 4.69) is 4.98 Å². The summed E-state index contributed by atoms with van der Waals surface area (Å²) in [5, 5.41) is 19.3. The minimum absolute atomic E-state index is 0.0598. The van der Waals surface area contributed by atoms with Gasteiger partial charge in [-0.3, -0.25) is 4.79 Å². The van der Waals surface area contributed by atoms with E-state index < -0.39 is 12.1 Å². The lowest BCUT2D eigenvalue weighted by Gasteiger charge is -2.15. The number of aromatic nitrogens is 2. The molecule has 0 saturated carbocycles. The van der Waals surface area contributed by atoms with Crippen molar-refractivity contribution in [1.29, 1.82) is 0 Å². The summed E-state index contributed by atoms with van der Waals surface area (Å²) in [7, 11) is 0. The molecule has 1 aromatic carbocycles. The van der Waals surface area contributed by atoms with Gasteiger partial charge < -0.3 is 14.8 Å². The van der Waals surface area contributed by atoms with E-state index in [1.807, 2.05) is 24.5 Å². The Morgan fingerprint density at radius 2 is 2.16 bits per heavy atom. The topological polar surface area (TPSA) is 75.4 Å². The largest absolute Gasteiger partial charge is 0.481 e. The van der Waals surface area contributed by atoms with Crippen LogP contribution in [-0.4, -0.2) is 25.7 Å². The molecule has 0 spiro atoms. The van der Waals surface area contributed by atoms with Crippen LogP contribution in [0.2, 0.25) is 5.02 Å². The van der Waals surface area contributed by atoms with Crippen LogP contribution in [0.3, 0.4) is 0 Å². The first-order valence-electron chi connectivity index (χ1n) is 5.97. The third-order valence-electron chi connectivity index (χ3n) is 2.86. The lowest BCUT2D eigenvalue weighted by molar-refractivity contribution is -0.139. The Balaban J connectivity index is 2.59. The number of fused-ring (bicyclic) bond motifs is 1. The van der Waals surface area contributed by atoms with Gasteiger partial charge in [0.05, 0.1) is 17.5 Å². The van der Waals surface area contributed by atoms with Gasteiger partial charge in [-0.1, -0.05) is 11.6 Å². The molecule has 5 nitrogen and oxygen atoms in total. The molecule has 2 N–H and O–H groups in total. The monoisotopic (exact) mass is 282 g/mol. The molecule has 6 heteroatoms. The normalized spacial score (nSPS) is 13.1. The molecule has 0 bridgehead atoms. The zero-order valence-electron chi connectivity index (χ0n) is 10.7. The number of carbonyl (C=O) groups is 1. The van der Waals surface area contributed by atoms with Gasteiger partial charge in [0.15, 0.2) is 0 Å². The van der Waals surface area contributed by atoms with Crippen molar-refractivity contribution in [3.63, 3.8) is 0 Å². The third-order valence-corrected chi connectivity index (χ3v) is 3.10. The molecular weight excluding hydrogens is 268 g/mol. The summed E-state index contributed by atoms with van der Waals surface area (Å²) in [6, 6.07) is 5.33. The molecule has 0 aliphatic rings. The number of hydrogen-bond acceptors (Lipinski definition) is 3. The fourth-order valence-electron chi connectivity index (χ4n) is 2.12. The number of carboxylic acid groups (broad SMARTS) is 1. The highest BCUT2D eigenvalue weighted by Crippen LogP contribution is 2.28. The van der Waals surface area contributed by atoms with Gasteiger partial charge >= 0.3 is 5.97 Å². The van der Waals surface area contributed by atoms with Crippen molar-refractivity contribution in [1.82, 2.24) is 9.55 Å². The zero-order valence-corrected chi connectivity index (χ0v) is 11.4. The zero-order chi connectivity index (χ0) is 14.2. The molecule has 0 amide bonds. The predicted octanol–water partition coefficient (Wildman–Crippen LogP) is 2.78. The van der Waals surface area contributed by atoms with Crippen molar-refractivity contribution in [2.75, 3.05) is 0 Å². The summed E-state index contributed by atoms with van der Waals surface area (Å²) in [4.78, 5) is 15.0. The van der Waals surface area contributed by atoms with E-state index in [1.54, 1.807) is 12.1 Å². The number of carboxylic acids is 1. The Bertz CT molecular complexity index is 622. The second-order valence-electron chi connectivity index (χ2n) is 4.68. The average molecular weight is 283 g/mol. The maximum atomic E-state index is 10.7. The van der Waals surface area contributed by atoms with Crippen molar-refractivity contribution in [3.05, 3.63) is 29.0 Å². The molecule has 19 heavy (non-hydrogen) atoms. The molecule has 1 unspecified atom stereocenters. The summed E-state index contributed by atoms with van der Waals surface area (Å²) < 4.78 is 1.83. The number of aliphatic hydroxyl groups excluding tert-OH is 1. The van der Waals surface area contributed by atoms with Gasteiger partial charge in [0, 0.05) is 11.1 Å². The van der Waals surface area contributed by atoms with Crippen LogP contribution in [-0.2, 0) is 4.79 Å². The first-order chi connectivity index (χ1) is 8.90. The molecule has 2 aromatic rings. The molecule has 0 saturated heterocycles. The number of hydrogen-bond donors (Lipinski definition) is 2. The van der Waals surface area contributed by atoms with Crippen LogP contribution >= 0.6 is 11.6 Å². The van der Waals surface area contributed by atoms with Gasteiger partial charge in [-0.05, 0) is 32.0 Å². The lowest BCUT2D eigenvalue weighted by Crippen LogP contribution is -2.13. The van der Waals surface area contributed by atoms with E-state index in [1.165, 1.54) is 0 Å². The van der Waals surface area contributed by atoms with Crippen molar-refractivity contribution in [3.8, 4) is 0 Å². The Labute approximate surface area is 115 Å². The van der Waals surface area contributed by atoms with E-state index >= 15 is 0 Å². The van der Waals surface area contributed by atoms with Crippen LogP contribution < -0.4 is 0 Å². The van der Waals surface area contributed by atoms with Crippen LogP contribution in [0.25, 0.3) is 11.0 Å². The second kappa shape index (κ2) is 5.19. The quantitative estimate of drug-likeness (QED) is 0.904. The van der Waals surface area contributed by atoms with Crippen molar-refractivity contribution in [2.45, 2.75) is 32.4 Å². The lowest BCUT2D eigenvalue weighted by atomic mass is 10.2. The van der Waals surface area contributed by atoms with Gasteiger partial charge in [0.1, 0.15) is 11.9 Å². The molecule has 0 aliphatic heterocycles. The smallest absolute Gasteiger partial charge is 0.306 e. The highest BCUT2D eigenvalue weighted by Gasteiger charge is 2.22. The van der Waals surface area contributed by atoms with E-state index in [0.717, 1.165) is 5.52 Å². The van der Waals surface area contributed by atoms with E-state index in [0.29, 0.717) is 16.4 Å².